The minimum absolute atomic E-state index is 0.117. The number of carbonyl (C=O) groups is 1. The number of nitrogens with one attached hydrogen (secondary N) is 2. The first-order chi connectivity index (χ1) is 18.0. The monoisotopic (exact) mass is 555 g/mol. The van der Waals surface area contributed by atoms with E-state index in [1.165, 1.54) is 19.5 Å². The Morgan fingerprint density at radius 1 is 1.18 bits per heavy atom. The summed E-state index contributed by atoms with van der Waals surface area (Å²) in [6, 6.07) is 5.13. The van der Waals surface area contributed by atoms with Crippen LogP contribution in [-0.4, -0.2) is 58.0 Å². The van der Waals surface area contributed by atoms with E-state index in [9.17, 15) is 26.6 Å². The van der Waals surface area contributed by atoms with E-state index in [1.54, 1.807) is 18.3 Å². The maximum Gasteiger partial charge on any atom is 0.405 e. The summed E-state index contributed by atoms with van der Waals surface area (Å²) in [5, 5.41) is 5.25. The molecule has 0 atom stereocenters. The molecule has 0 unspecified atom stereocenters. The van der Waals surface area contributed by atoms with Crippen LogP contribution >= 0.6 is 0 Å². The minimum atomic E-state index is -4.58. The first-order valence-electron chi connectivity index (χ1n) is 11.6. The van der Waals surface area contributed by atoms with Crippen LogP contribution in [0.3, 0.4) is 0 Å². The smallest absolute Gasteiger partial charge is 0.405 e. The van der Waals surface area contributed by atoms with E-state index in [0.717, 1.165) is 25.0 Å². The number of anilines is 2. The van der Waals surface area contributed by atoms with Crippen molar-refractivity contribution >= 4 is 43.7 Å². The highest BCUT2D eigenvalue weighted by atomic mass is 32.2. The molecule has 0 bridgehead atoms. The third-order valence-corrected chi connectivity index (χ3v) is 8.17. The number of carbonyl (C=O) groups excluding carboxylic acids is 1. The minimum Gasteiger partial charge on any atom is -0.494 e. The van der Waals surface area contributed by atoms with Crippen molar-refractivity contribution < 1.29 is 36.0 Å². The number of aryl methyl sites for hydroxylation is 1. The van der Waals surface area contributed by atoms with Crippen molar-refractivity contribution in [2.75, 3.05) is 37.1 Å². The van der Waals surface area contributed by atoms with Gasteiger partial charge in [-0.15, -0.1) is 0 Å². The summed E-state index contributed by atoms with van der Waals surface area (Å²) in [5.41, 5.74) is 1.72. The zero-order valence-corrected chi connectivity index (χ0v) is 21.3. The molecule has 14 heteroatoms. The van der Waals surface area contributed by atoms with E-state index in [-0.39, 0.29) is 11.4 Å². The molecule has 1 aliphatic heterocycles. The van der Waals surface area contributed by atoms with Crippen molar-refractivity contribution in [3.05, 3.63) is 42.0 Å². The van der Waals surface area contributed by atoms with Gasteiger partial charge in [0.25, 0.3) is 5.91 Å². The molecule has 2 heterocycles. The second kappa shape index (κ2) is 11.0. The van der Waals surface area contributed by atoms with Gasteiger partial charge in [-0.25, -0.2) is 18.6 Å². The predicted octanol–water partition coefficient (Wildman–Crippen LogP) is 4.78. The lowest BCUT2D eigenvalue weighted by atomic mass is 10.1. The highest BCUT2D eigenvalue weighted by Gasteiger charge is 2.28. The lowest BCUT2D eigenvalue weighted by molar-refractivity contribution is -0.139. The number of aromatic nitrogens is 2. The summed E-state index contributed by atoms with van der Waals surface area (Å²) < 4.78 is 79.5. The quantitative estimate of drug-likeness (QED) is 0.385. The van der Waals surface area contributed by atoms with Crippen LogP contribution in [0.1, 0.15) is 18.4 Å². The molecule has 1 fully saturated rings. The van der Waals surface area contributed by atoms with Crippen LogP contribution in [0.15, 0.2) is 35.0 Å². The fraction of sp³-hybridized carbons (Fsp3) is 0.375. The topological polar surface area (TPSA) is 115 Å². The number of benzene rings is 2. The molecule has 1 saturated heterocycles. The molecule has 1 aromatic heterocycles. The lowest BCUT2D eigenvalue weighted by Gasteiger charge is -2.17. The van der Waals surface area contributed by atoms with E-state index in [0.29, 0.717) is 45.2 Å². The predicted molar refractivity (Wildman–Crippen MR) is 134 cm³/mol. The molecule has 2 N–H and O–H groups in total. The lowest BCUT2D eigenvalue weighted by Crippen LogP contribution is -2.36. The number of hydrogen-bond acceptors (Lipinski definition) is 8. The number of rotatable bonds is 8. The van der Waals surface area contributed by atoms with Gasteiger partial charge in [-0.1, -0.05) is 0 Å². The molecule has 0 saturated carbocycles. The van der Waals surface area contributed by atoms with Crippen LogP contribution in [0.2, 0.25) is 0 Å². The van der Waals surface area contributed by atoms with Crippen molar-refractivity contribution in [1.82, 2.24) is 15.3 Å². The highest BCUT2D eigenvalue weighted by Crippen LogP contribution is 2.41. The molecular weight excluding hydrogens is 530 g/mol. The number of nitrogens with zero attached hydrogens (tertiary/aromatic N) is 3. The van der Waals surface area contributed by atoms with Gasteiger partial charge in [0.15, 0.2) is 6.61 Å². The van der Waals surface area contributed by atoms with Gasteiger partial charge in [-0.05, 0) is 38.0 Å². The Labute approximate surface area is 216 Å². The van der Waals surface area contributed by atoms with Crippen LogP contribution in [0.4, 0.5) is 34.8 Å². The largest absolute Gasteiger partial charge is 0.494 e. The molecule has 0 radical (unpaired) electrons. The number of alkyl halides is 3. The van der Waals surface area contributed by atoms with Crippen LogP contribution in [-0.2, 0) is 14.5 Å². The molecule has 38 heavy (non-hydrogen) atoms. The maximum absolute atomic E-state index is 13.9. The first kappa shape index (κ1) is 27.4. The normalized spacial score (nSPS) is 14.8. The Morgan fingerprint density at radius 3 is 2.61 bits per heavy atom. The van der Waals surface area contributed by atoms with Crippen molar-refractivity contribution in [1.29, 1.82) is 0 Å². The Balaban J connectivity index is 1.66. The molecule has 3 aromatic rings. The van der Waals surface area contributed by atoms with Crippen LogP contribution < -0.4 is 20.1 Å². The number of halogens is 4. The zero-order chi connectivity index (χ0) is 27.5. The Kier molecular flexibility index (Phi) is 7.90. The Bertz CT molecular complexity index is 1480. The zero-order valence-electron chi connectivity index (χ0n) is 20.5. The van der Waals surface area contributed by atoms with E-state index < -0.39 is 40.8 Å². The number of fused-ring (bicyclic) bond motifs is 1. The molecule has 204 valence electrons. The summed E-state index contributed by atoms with van der Waals surface area (Å²) in [6.45, 7) is -0.514. The molecule has 2 aromatic carbocycles. The number of ether oxygens (including phenoxy) is 2. The molecular formula is C24H25F4N5O4S. The third-order valence-electron chi connectivity index (χ3n) is 5.79. The van der Waals surface area contributed by atoms with Gasteiger partial charge >= 0.3 is 6.18 Å². The van der Waals surface area contributed by atoms with E-state index in [1.807, 2.05) is 0 Å². The summed E-state index contributed by atoms with van der Waals surface area (Å²) in [4.78, 5) is 20.4. The summed E-state index contributed by atoms with van der Waals surface area (Å²) in [5.74, 6) is -0.0895. The summed E-state index contributed by atoms with van der Waals surface area (Å²) >= 11 is 0. The van der Waals surface area contributed by atoms with Gasteiger partial charge in [-0.3, -0.25) is 4.79 Å². The maximum atomic E-state index is 13.9. The average Bonchev–Trinajstić information content (AvgIpc) is 3.28. The van der Waals surface area contributed by atoms with Crippen LogP contribution in [0, 0.1) is 12.7 Å². The van der Waals surface area contributed by atoms with Gasteiger partial charge in [0.2, 0.25) is 0 Å². The SMILES string of the molecule is COc1c(N=S2(=O)CCCC2)cc2ncnc(Nc3ccc(F)cc3OCC(=O)NCC(F)(F)F)c2c1C. The van der Waals surface area contributed by atoms with Gasteiger partial charge in [0.1, 0.15) is 41.7 Å². The first-order valence-corrected chi connectivity index (χ1v) is 13.4. The Hall–Kier alpha value is -3.68. The van der Waals surface area contributed by atoms with Gasteiger partial charge < -0.3 is 20.1 Å². The van der Waals surface area contributed by atoms with Crippen molar-refractivity contribution in [2.45, 2.75) is 25.9 Å². The highest BCUT2D eigenvalue weighted by molar-refractivity contribution is 7.93. The van der Waals surface area contributed by atoms with Crippen molar-refractivity contribution in [3.8, 4) is 11.5 Å². The fourth-order valence-corrected chi connectivity index (χ4v) is 6.26. The number of hydrogen-bond donors (Lipinski definition) is 2. The van der Waals surface area contributed by atoms with Crippen molar-refractivity contribution in [3.63, 3.8) is 0 Å². The molecule has 1 aliphatic rings. The van der Waals surface area contributed by atoms with Gasteiger partial charge in [0.05, 0.1) is 28.0 Å². The second-order valence-electron chi connectivity index (χ2n) is 8.60. The van der Waals surface area contributed by atoms with Crippen molar-refractivity contribution in [2.24, 2.45) is 4.36 Å². The molecule has 0 aliphatic carbocycles. The third kappa shape index (κ3) is 6.41. The van der Waals surface area contributed by atoms with Gasteiger partial charge in [-0.2, -0.15) is 17.5 Å². The molecule has 4 rings (SSSR count). The van der Waals surface area contributed by atoms with Gasteiger partial charge in [0, 0.05) is 28.5 Å². The number of methoxy groups -OCH3 is 1. The Morgan fingerprint density at radius 2 is 1.92 bits per heavy atom. The van der Waals surface area contributed by atoms with E-state index in [2.05, 4.69) is 19.6 Å². The van der Waals surface area contributed by atoms with E-state index in [4.69, 9.17) is 9.47 Å². The fourth-order valence-electron chi connectivity index (χ4n) is 4.07. The number of amides is 1. The molecule has 1 amide bonds. The summed E-state index contributed by atoms with van der Waals surface area (Å²) in [7, 11) is -0.907. The molecule has 9 nitrogen and oxygen atoms in total. The van der Waals surface area contributed by atoms with E-state index >= 15 is 0 Å². The molecule has 0 spiro atoms. The van der Waals surface area contributed by atoms with Crippen LogP contribution in [0.5, 0.6) is 11.5 Å². The average molecular weight is 556 g/mol. The standard InChI is InChI=1S/C24H25F4N5O4S/c1-14-21-17(10-18(22(14)36-2)33-38(35)7-3-4-8-38)30-13-31-23(21)32-16-6-5-15(25)9-19(16)37-11-20(34)29-12-24(26,27)28/h5-6,9-10,13H,3-4,7-8,11-12H2,1-2H3,(H,29,34)(H,30,31,32). The second-order valence-corrected chi connectivity index (χ2v) is 11.1. The van der Waals surface area contributed by atoms with Crippen LogP contribution in [0.25, 0.3) is 10.9 Å². The summed E-state index contributed by atoms with van der Waals surface area (Å²) in [6.07, 6.45) is -1.59.